The number of carbonyl (C=O) groups is 1. The Bertz CT molecular complexity index is 1160. The second-order valence-corrected chi connectivity index (χ2v) is 8.13. The molecule has 3 N–H and O–H groups in total. The highest BCUT2D eigenvalue weighted by atomic mass is 16.6. The summed E-state index contributed by atoms with van der Waals surface area (Å²) >= 11 is 0. The number of imidazole rings is 1. The third kappa shape index (κ3) is 3.86. The Morgan fingerprint density at radius 1 is 1.19 bits per heavy atom. The molecular weight excluding hydrogens is 392 g/mol. The van der Waals surface area contributed by atoms with Crippen LogP contribution >= 0.6 is 0 Å². The molecule has 0 fully saturated rings. The number of likely N-dealkylation sites (N-methyl/N-ethyl adjacent to an activating group) is 2. The predicted octanol–water partition coefficient (Wildman–Crippen LogP) is 2.62. The van der Waals surface area contributed by atoms with Gasteiger partial charge in [-0.3, -0.25) is 4.79 Å². The van der Waals surface area contributed by atoms with Crippen molar-refractivity contribution in [3.05, 3.63) is 47.3 Å². The monoisotopic (exact) mass is 420 g/mol. The zero-order valence-electron chi connectivity index (χ0n) is 18.4. The number of primary amides is 1. The number of nitrogens with two attached hydrogens (primary N) is 1. The lowest BCUT2D eigenvalue weighted by atomic mass is 9.96. The van der Waals surface area contributed by atoms with Crippen molar-refractivity contribution in [3.63, 3.8) is 0 Å². The van der Waals surface area contributed by atoms with E-state index in [9.17, 15) is 4.79 Å². The van der Waals surface area contributed by atoms with Crippen LogP contribution in [0.5, 0.6) is 0 Å². The van der Waals surface area contributed by atoms with Gasteiger partial charge in [-0.2, -0.15) is 0 Å². The Kier molecular flexibility index (Phi) is 5.65. The average molecular weight is 421 g/mol. The van der Waals surface area contributed by atoms with Crippen molar-refractivity contribution in [1.29, 1.82) is 0 Å². The minimum absolute atomic E-state index is 0.459. The van der Waals surface area contributed by atoms with E-state index in [1.807, 2.05) is 27.2 Å². The van der Waals surface area contributed by atoms with E-state index in [1.165, 1.54) is 5.56 Å². The number of benzene rings is 2. The van der Waals surface area contributed by atoms with Crippen LogP contribution in [-0.4, -0.2) is 67.8 Å². The van der Waals surface area contributed by atoms with E-state index in [-0.39, 0.29) is 0 Å². The summed E-state index contributed by atoms with van der Waals surface area (Å²) in [6.45, 7) is 1.60. The van der Waals surface area contributed by atoms with Crippen molar-refractivity contribution >= 4 is 28.3 Å². The van der Waals surface area contributed by atoms with Crippen LogP contribution in [0.1, 0.15) is 27.9 Å². The van der Waals surface area contributed by atoms with Crippen molar-refractivity contribution in [1.82, 2.24) is 14.9 Å². The zero-order valence-corrected chi connectivity index (χ0v) is 18.4. The summed E-state index contributed by atoms with van der Waals surface area (Å²) in [4.78, 5) is 29.2. The van der Waals surface area contributed by atoms with Crippen LogP contribution < -0.4 is 10.6 Å². The molecule has 1 heterocycles. The smallest absolute Gasteiger partial charge is 0.253 e. The SMILES string of the molecule is CO/N=C1\CCc2ccc(-c3cc(N(C)CCN(C)C)c(C(N)=O)c4[nH]cnc34)cc21. The molecule has 31 heavy (non-hydrogen) atoms. The maximum Gasteiger partial charge on any atom is 0.253 e. The number of nitrogens with one attached hydrogen (secondary N) is 1. The van der Waals surface area contributed by atoms with Gasteiger partial charge in [-0.05, 0) is 50.2 Å². The molecule has 8 heteroatoms. The first-order chi connectivity index (χ1) is 14.9. The molecule has 0 saturated heterocycles. The minimum atomic E-state index is -0.476. The molecule has 0 atom stereocenters. The fourth-order valence-corrected chi connectivity index (χ4v) is 4.16. The molecule has 2 aromatic carbocycles. The Balaban J connectivity index is 1.89. The molecule has 0 unspecified atom stereocenters. The Labute approximate surface area is 181 Å². The number of hydrogen-bond donors (Lipinski definition) is 2. The van der Waals surface area contributed by atoms with Gasteiger partial charge in [0.2, 0.25) is 0 Å². The van der Waals surface area contributed by atoms with Crippen LogP contribution in [0.15, 0.2) is 35.7 Å². The van der Waals surface area contributed by atoms with Crippen LogP contribution in [0.25, 0.3) is 22.2 Å². The Morgan fingerprint density at radius 3 is 2.71 bits per heavy atom. The molecular formula is C23H28N6O2. The molecule has 1 aliphatic rings. The van der Waals surface area contributed by atoms with E-state index in [1.54, 1.807) is 13.4 Å². The van der Waals surface area contributed by atoms with Gasteiger partial charge in [0, 0.05) is 31.3 Å². The van der Waals surface area contributed by atoms with Gasteiger partial charge >= 0.3 is 0 Å². The van der Waals surface area contributed by atoms with Crippen LogP contribution in [0, 0.1) is 0 Å². The fourth-order valence-electron chi connectivity index (χ4n) is 4.16. The summed E-state index contributed by atoms with van der Waals surface area (Å²) in [5.74, 6) is -0.476. The number of rotatable bonds is 7. The average Bonchev–Trinajstić information content (AvgIpc) is 3.38. The second kappa shape index (κ2) is 8.39. The van der Waals surface area contributed by atoms with Crippen molar-refractivity contribution < 1.29 is 9.63 Å². The zero-order chi connectivity index (χ0) is 22.1. The summed E-state index contributed by atoms with van der Waals surface area (Å²) < 4.78 is 0. The van der Waals surface area contributed by atoms with Gasteiger partial charge < -0.3 is 25.4 Å². The van der Waals surface area contributed by atoms with Gasteiger partial charge in [-0.15, -0.1) is 0 Å². The van der Waals surface area contributed by atoms with Gasteiger partial charge in [-0.1, -0.05) is 17.3 Å². The normalized spacial score (nSPS) is 14.4. The molecule has 162 valence electrons. The molecule has 1 aromatic heterocycles. The number of aryl methyl sites for hydroxylation is 1. The highest BCUT2D eigenvalue weighted by Gasteiger charge is 2.24. The number of aromatic amines is 1. The maximum atomic E-state index is 12.4. The van der Waals surface area contributed by atoms with Crippen molar-refractivity contribution in [3.8, 4) is 11.1 Å². The van der Waals surface area contributed by atoms with E-state index in [4.69, 9.17) is 10.6 Å². The van der Waals surface area contributed by atoms with Crippen LogP contribution in [0.2, 0.25) is 0 Å². The minimum Gasteiger partial charge on any atom is -0.399 e. The molecule has 0 aliphatic heterocycles. The summed E-state index contributed by atoms with van der Waals surface area (Å²) in [6, 6.07) is 8.39. The molecule has 1 amide bonds. The number of carbonyl (C=O) groups excluding carboxylic acids is 1. The molecule has 8 nitrogen and oxygen atoms in total. The lowest BCUT2D eigenvalue weighted by molar-refractivity contribution is 0.100. The Morgan fingerprint density at radius 2 is 2.00 bits per heavy atom. The molecule has 3 aromatic rings. The van der Waals surface area contributed by atoms with Gasteiger partial charge in [0.1, 0.15) is 7.11 Å². The third-order valence-electron chi connectivity index (χ3n) is 5.79. The summed E-state index contributed by atoms with van der Waals surface area (Å²) in [7, 11) is 7.59. The largest absolute Gasteiger partial charge is 0.399 e. The number of anilines is 1. The molecule has 4 rings (SSSR count). The van der Waals surface area contributed by atoms with Gasteiger partial charge in [-0.25, -0.2) is 4.98 Å². The molecule has 1 aliphatic carbocycles. The summed E-state index contributed by atoms with van der Waals surface area (Å²) in [5, 5.41) is 4.20. The van der Waals surface area contributed by atoms with E-state index >= 15 is 0 Å². The van der Waals surface area contributed by atoms with Crippen LogP contribution in [-0.2, 0) is 11.3 Å². The first-order valence-electron chi connectivity index (χ1n) is 10.3. The molecule has 0 radical (unpaired) electrons. The first kappa shape index (κ1) is 20.9. The van der Waals surface area contributed by atoms with E-state index in [0.29, 0.717) is 11.1 Å². The number of oxime groups is 1. The fraction of sp³-hybridized carbons (Fsp3) is 0.348. The van der Waals surface area contributed by atoms with E-state index in [0.717, 1.165) is 59.5 Å². The topological polar surface area (TPSA) is 99.8 Å². The van der Waals surface area contributed by atoms with Crippen LogP contribution in [0.4, 0.5) is 5.69 Å². The predicted molar refractivity (Wildman–Crippen MR) is 124 cm³/mol. The maximum absolute atomic E-state index is 12.4. The third-order valence-corrected chi connectivity index (χ3v) is 5.79. The molecule has 0 saturated carbocycles. The molecule has 0 spiro atoms. The standard InChI is InChI=1S/C23H28N6O2/c1-28(2)9-10-29(3)19-12-17(21-22(26-13-25-21)20(19)23(24)30)15-6-5-14-7-8-18(27-31-4)16(14)11-15/h5-6,11-13H,7-10H2,1-4H3,(H2,24,30)(H,25,26)/b27-18+. The van der Waals surface area contributed by atoms with Crippen molar-refractivity contribution in [2.75, 3.05) is 46.2 Å². The summed E-state index contributed by atoms with van der Waals surface area (Å²) in [6.07, 6.45) is 3.42. The van der Waals surface area contributed by atoms with Crippen molar-refractivity contribution in [2.45, 2.75) is 12.8 Å². The van der Waals surface area contributed by atoms with Crippen molar-refractivity contribution in [2.24, 2.45) is 10.9 Å². The number of fused-ring (bicyclic) bond motifs is 2. The number of amides is 1. The highest BCUT2D eigenvalue weighted by molar-refractivity contribution is 6.13. The van der Waals surface area contributed by atoms with E-state index < -0.39 is 5.91 Å². The van der Waals surface area contributed by atoms with E-state index in [2.05, 4.69) is 43.1 Å². The lowest BCUT2D eigenvalue weighted by Gasteiger charge is -2.24. The first-order valence-corrected chi connectivity index (χ1v) is 10.3. The quantitative estimate of drug-likeness (QED) is 0.573. The van der Waals surface area contributed by atoms with Crippen LogP contribution in [0.3, 0.4) is 0 Å². The molecule has 0 bridgehead atoms. The Hall–Kier alpha value is -3.39. The second-order valence-electron chi connectivity index (χ2n) is 8.13. The number of nitrogens with zero attached hydrogens (tertiary/aromatic N) is 4. The van der Waals surface area contributed by atoms with Gasteiger partial charge in [0.05, 0.1) is 34.3 Å². The number of aromatic nitrogens is 2. The summed E-state index contributed by atoms with van der Waals surface area (Å²) in [5.41, 5.74) is 13.7. The number of H-pyrrole nitrogens is 1. The highest BCUT2D eigenvalue weighted by Crippen LogP contribution is 2.37. The van der Waals surface area contributed by atoms with Gasteiger partial charge in [0.15, 0.2) is 0 Å². The number of hydrogen-bond acceptors (Lipinski definition) is 6. The van der Waals surface area contributed by atoms with Gasteiger partial charge in [0.25, 0.3) is 5.91 Å². The lowest BCUT2D eigenvalue weighted by Crippen LogP contribution is -2.30.